The van der Waals surface area contributed by atoms with Crippen LogP contribution >= 0.6 is 0 Å². The topological polar surface area (TPSA) is 6.48 Å². The van der Waals surface area contributed by atoms with Crippen molar-refractivity contribution >= 4 is 88.0 Å². The molecule has 2 heteroatoms. The zero-order chi connectivity index (χ0) is 45.9. The number of nitrogens with zero attached hydrogens (tertiary/aromatic N) is 2. The summed E-state index contributed by atoms with van der Waals surface area (Å²) < 4.78 is 0. The third-order valence-corrected chi connectivity index (χ3v) is 15.8. The van der Waals surface area contributed by atoms with E-state index >= 15 is 0 Å². The van der Waals surface area contributed by atoms with Crippen LogP contribution in [0, 0.1) is 27.7 Å². The van der Waals surface area contributed by atoms with Gasteiger partial charge in [-0.25, -0.2) is 0 Å². The fourth-order valence-electron chi connectivity index (χ4n) is 12.1. The highest BCUT2D eigenvalue weighted by molar-refractivity contribution is 6.40. The summed E-state index contributed by atoms with van der Waals surface area (Å²) in [6.07, 6.45) is 13.1. The monoisotopic (exact) mass is 882 g/mol. The minimum Gasteiger partial charge on any atom is -0.310 e. The molecule has 2 nitrogen and oxygen atoms in total. The van der Waals surface area contributed by atoms with E-state index in [2.05, 4.69) is 207 Å². The highest BCUT2D eigenvalue weighted by atomic mass is 15.1. The molecule has 0 saturated heterocycles. The average molecular weight is 883 g/mol. The molecule has 10 aromatic rings. The Labute approximate surface area is 402 Å². The summed E-state index contributed by atoms with van der Waals surface area (Å²) in [6, 6.07) is 66.0. The predicted octanol–water partition coefficient (Wildman–Crippen LogP) is 19.7. The van der Waals surface area contributed by atoms with Gasteiger partial charge in [0.1, 0.15) is 0 Å². The SMILES string of the molecule is Cc1ccc(N(c2ccc(C)cc2)c2ccc3c(c2)c2cc(C4CCCCC4)ccc2c2c4ccc(N(c5ccc(C)cc5)c5ccc(C)cc5)cc4c4cc(C5CCCCC5)ccc4c32)cc1. The van der Waals surface area contributed by atoms with Gasteiger partial charge < -0.3 is 9.80 Å². The molecule has 12 rings (SSSR count). The van der Waals surface area contributed by atoms with Crippen molar-refractivity contribution in [1.82, 2.24) is 0 Å². The Kier molecular flexibility index (Phi) is 11.0. The van der Waals surface area contributed by atoms with Crippen LogP contribution in [0.5, 0.6) is 0 Å². The van der Waals surface area contributed by atoms with E-state index in [9.17, 15) is 0 Å². The number of anilines is 6. The molecule has 0 radical (unpaired) electrons. The number of fused-ring (bicyclic) bond motifs is 11. The second kappa shape index (κ2) is 17.6. The average Bonchev–Trinajstić information content (AvgIpc) is 3.39. The smallest absolute Gasteiger partial charge is 0.0468 e. The molecule has 2 saturated carbocycles. The van der Waals surface area contributed by atoms with Gasteiger partial charge in [0.15, 0.2) is 0 Å². The van der Waals surface area contributed by atoms with Gasteiger partial charge in [-0.3, -0.25) is 0 Å². The first kappa shape index (κ1) is 42.5. The second-order valence-electron chi connectivity index (χ2n) is 20.5. The van der Waals surface area contributed by atoms with Crippen molar-refractivity contribution in [2.24, 2.45) is 0 Å². The summed E-state index contributed by atoms with van der Waals surface area (Å²) in [4.78, 5) is 4.90. The number of rotatable bonds is 8. The summed E-state index contributed by atoms with van der Waals surface area (Å²) >= 11 is 0. The summed E-state index contributed by atoms with van der Waals surface area (Å²) in [5, 5.41) is 13.4. The van der Waals surface area contributed by atoms with Crippen LogP contribution in [0.1, 0.15) is 109 Å². The Balaban J connectivity index is 1.17. The van der Waals surface area contributed by atoms with Crippen molar-refractivity contribution in [1.29, 1.82) is 0 Å². The molecule has 0 atom stereocenters. The number of aryl methyl sites for hydroxylation is 4. The Hall–Kier alpha value is -6.90. The van der Waals surface area contributed by atoms with E-state index in [4.69, 9.17) is 0 Å². The summed E-state index contributed by atoms with van der Waals surface area (Å²) in [5.41, 5.74) is 15.1. The van der Waals surface area contributed by atoms with Crippen LogP contribution in [-0.2, 0) is 0 Å². The standard InChI is InChI=1S/C66H62N2/c1-43-15-25-51(26-16-43)67(52-27-17-44(2)18-28-52)55-33-37-59-63(41-55)61-39-49(47-11-7-5-8-12-47)23-35-57(61)66-60-38-34-56(68(53-29-19-45(3)20-30-53)54-31-21-46(4)22-32-54)42-64(60)62-40-50(24-36-58(62)65(59)66)48-13-9-6-10-14-48/h15-42,47-48H,5-14H2,1-4H3. The van der Waals surface area contributed by atoms with Gasteiger partial charge in [-0.2, -0.15) is 0 Å². The fraction of sp³-hybridized carbons (Fsp3) is 0.242. The first-order valence-corrected chi connectivity index (χ1v) is 25.5. The van der Waals surface area contributed by atoms with Crippen molar-refractivity contribution < 1.29 is 0 Å². The molecule has 0 aliphatic heterocycles. The van der Waals surface area contributed by atoms with Crippen LogP contribution in [0.3, 0.4) is 0 Å². The van der Waals surface area contributed by atoms with E-state index in [0.29, 0.717) is 11.8 Å². The maximum Gasteiger partial charge on any atom is 0.0468 e. The van der Waals surface area contributed by atoms with Crippen molar-refractivity contribution in [2.45, 2.75) is 104 Å². The lowest BCUT2D eigenvalue weighted by atomic mass is 9.80. The zero-order valence-corrected chi connectivity index (χ0v) is 40.3. The van der Waals surface area contributed by atoms with Crippen molar-refractivity contribution in [3.8, 4) is 0 Å². The lowest BCUT2D eigenvalue weighted by molar-refractivity contribution is 0.444. The molecule has 0 unspecified atom stereocenters. The Morgan fingerprint density at radius 3 is 0.838 bits per heavy atom. The number of benzene rings is 10. The Morgan fingerprint density at radius 1 is 0.265 bits per heavy atom. The van der Waals surface area contributed by atoms with E-state index in [0.717, 1.165) is 0 Å². The summed E-state index contributed by atoms with van der Waals surface area (Å²) in [7, 11) is 0. The highest BCUT2D eigenvalue weighted by Gasteiger charge is 2.24. The van der Waals surface area contributed by atoms with Crippen LogP contribution in [0.15, 0.2) is 170 Å². The summed E-state index contributed by atoms with van der Waals surface area (Å²) in [6.45, 7) is 8.70. The first-order valence-electron chi connectivity index (χ1n) is 25.5. The third-order valence-electron chi connectivity index (χ3n) is 15.8. The number of hydrogen-bond donors (Lipinski definition) is 0. The van der Waals surface area contributed by atoms with Crippen molar-refractivity contribution in [2.75, 3.05) is 9.80 Å². The Bertz CT molecular complexity index is 3150. The minimum atomic E-state index is 0.599. The van der Waals surface area contributed by atoms with Gasteiger partial charge >= 0.3 is 0 Å². The van der Waals surface area contributed by atoms with Crippen LogP contribution in [0.25, 0.3) is 53.9 Å². The van der Waals surface area contributed by atoms with Crippen LogP contribution in [0.2, 0.25) is 0 Å². The molecule has 0 amide bonds. The lowest BCUT2D eigenvalue weighted by Gasteiger charge is -2.28. The van der Waals surface area contributed by atoms with Crippen LogP contribution in [-0.4, -0.2) is 0 Å². The zero-order valence-electron chi connectivity index (χ0n) is 40.3. The normalized spacial score (nSPS) is 14.9. The molecule has 10 aromatic carbocycles. The van der Waals surface area contributed by atoms with Gasteiger partial charge in [0.05, 0.1) is 0 Å². The molecule has 2 aliphatic rings. The largest absolute Gasteiger partial charge is 0.310 e. The van der Waals surface area contributed by atoms with E-state index < -0.39 is 0 Å². The van der Waals surface area contributed by atoms with Crippen molar-refractivity contribution in [3.63, 3.8) is 0 Å². The lowest BCUT2D eigenvalue weighted by Crippen LogP contribution is -2.10. The molecule has 0 heterocycles. The van der Waals surface area contributed by atoms with Gasteiger partial charge in [-0.15, -0.1) is 0 Å². The third kappa shape index (κ3) is 7.69. The number of hydrogen-bond acceptors (Lipinski definition) is 2. The first-order chi connectivity index (χ1) is 33.3. The van der Waals surface area contributed by atoms with Gasteiger partial charge in [-0.1, -0.05) is 158 Å². The summed E-state index contributed by atoms with van der Waals surface area (Å²) in [5.74, 6) is 1.20. The molecule has 2 fully saturated rings. The molecule has 0 spiro atoms. The highest BCUT2D eigenvalue weighted by Crippen LogP contribution is 2.49. The second-order valence-corrected chi connectivity index (χ2v) is 20.5. The maximum atomic E-state index is 2.60. The van der Waals surface area contributed by atoms with Crippen LogP contribution in [0.4, 0.5) is 34.1 Å². The van der Waals surface area contributed by atoms with Gasteiger partial charge in [0.2, 0.25) is 0 Å². The molecule has 0 aromatic heterocycles. The molecule has 68 heavy (non-hydrogen) atoms. The molecule has 0 bridgehead atoms. The van der Waals surface area contributed by atoms with E-state index in [1.807, 2.05) is 0 Å². The Morgan fingerprint density at radius 2 is 0.529 bits per heavy atom. The van der Waals surface area contributed by atoms with Crippen molar-refractivity contribution in [3.05, 3.63) is 203 Å². The van der Waals surface area contributed by atoms with E-state index in [-0.39, 0.29) is 0 Å². The minimum absolute atomic E-state index is 0.599. The van der Waals surface area contributed by atoms with E-state index in [1.54, 1.807) is 0 Å². The maximum absolute atomic E-state index is 2.60. The van der Waals surface area contributed by atoms with Gasteiger partial charge in [0, 0.05) is 34.1 Å². The molecular formula is C66H62N2. The predicted molar refractivity (Wildman–Crippen MR) is 294 cm³/mol. The van der Waals surface area contributed by atoms with Gasteiger partial charge in [0.25, 0.3) is 0 Å². The van der Waals surface area contributed by atoms with Gasteiger partial charge in [-0.05, 0) is 203 Å². The molecule has 0 N–H and O–H groups in total. The quantitative estimate of drug-likeness (QED) is 0.140. The fourth-order valence-corrected chi connectivity index (χ4v) is 12.1. The molecule has 336 valence electrons. The van der Waals surface area contributed by atoms with Crippen LogP contribution < -0.4 is 9.80 Å². The molecule has 2 aliphatic carbocycles. The van der Waals surface area contributed by atoms with E-state index in [1.165, 1.54) is 186 Å². The molecular weight excluding hydrogens is 821 g/mol.